The molecule has 0 aliphatic rings. The highest BCUT2D eigenvalue weighted by molar-refractivity contribution is 6.05. The van der Waals surface area contributed by atoms with Crippen LogP contribution in [0.15, 0.2) is 60.7 Å². The van der Waals surface area contributed by atoms with Crippen LogP contribution in [-0.4, -0.2) is 16.8 Å². The van der Waals surface area contributed by atoms with E-state index in [0.717, 1.165) is 0 Å². The van der Waals surface area contributed by atoms with Crippen LogP contribution in [0.5, 0.6) is 11.5 Å². The number of nitrogens with two attached hydrogens (primary N) is 2. The van der Waals surface area contributed by atoms with Crippen molar-refractivity contribution in [2.75, 3.05) is 0 Å². The summed E-state index contributed by atoms with van der Waals surface area (Å²) >= 11 is 0. The first-order chi connectivity index (χ1) is 12.4. The van der Waals surface area contributed by atoms with E-state index in [1.54, 1.807) is 30.3 Å². The zero-order valence-electron chi connectivity index (χ0n) is 13.5. The molecular weight excluding hydrogens is 337 g/mol. The molecule has 0 saturated carbocycles. The molecule has 3 aromatic rings. The first kappa shape index (κ1) is 17.1. The van der Waals surface area contributed by atoms with E-state index in [-0.39, 0.29) is 17.1 Å². The molecule has 0 aliphatic heterocycles. The van der Waals surface area contributed by atoms with Gasteiger partial charge in [0.25, 0.3) is 11.8 Å². The standard InChI is InChI=1S/C19H14FN3O3/c20-12-3-7-14(8-4-12)26-13-5-1-11(2-6-13)16-10-9-15(18(21)24)17(23-16)19(22)25/h1-10H,(H2,21,24)(H2,22,25). The molecule has 2 amide bonds. The summed E-state index contributed by atoms with van der Waals surface area (Å²) in [5, 5.41) is 0. The highest BCUT2D eigenvalue weighted by atomic mass is 19.1. The van der Waals surface area contributed by atoms with Gasteiger partial charge in [-0.25, -0.2) is 9.37 Å². The number of pyridine rings is 1. The number of amides is 2. The molecule has 6 nitrogen and oxygen atoms in total. The fraction of sp³-hybridized carbons (Fsp3) is 0. The Morgan fingerprint density at radius 1 is 0.808 bits per heavy atom. The number of rotatable bonds is 5. The van der Waals surface area contributed by atoms with Crippen LogP contribution < -0.4 is 16.2 Å². The Morgan fingerprint density at radius 2 is 1.38 bits per heavy atom. The SMILES string of the molecule is NC(=O)c1ccc(-c2ccc(Oc3ccc(F)cc3)cc2)nc1C(N)=O. The Labute approximate surface area is 148 Å². The summed E-state index contributed by atoms with van der Waals surface area (Å²) in [5.74, 6) is -0.912. The van der Waals surface area contributed by atoms with E-state index >= 15 is 0 Å². The normalized spacial score (nSPS) is 10.3. The number of hydrogen-bond donors (Lipinski definition) is 2. The molecule has 4 N–H and O–H groups in total. The van der Waals surface area contributed by atoms with Gasteiger partial charge in [-0.2, -0.15) is 0 Å². The molecule has 130 valence electrons. The van der Waals surface area contributed by atoms with E-state index < -0.39 is 11.8 Å². The zero-order valence-corrected chi connectivity index (χ0v) is 13.5. The van der Waals surface area contributed by atoms with Crippen molar-refractivity contribution in [3.8, 4) is 22.8 Å². The Balaban J connectivity index is 1.86. The molecule has 0 atom stereocenters. The maximum absolute atomic E-state index is 12.9. The van der Waals surface area contributed by atoms with Gasteiger partial charge in [-0.1, -0.05) is 0 Å². The smallest absolute Gasteiger partial charge is 0.268 e. The van der Waals surface area contributed by atoms with Gasteiger partial charge in [-0.3, -0.25) is 9.59 Å². The molecule has 2 aromatic carbocycles. The third-order valence-corrected chi connectivity index (χ3v) is 3.59. The van der Waals surface area contributed by atoms with Crippen LogP contribution in [0.25, 0.3) is 11.3 Å². The topological polar surface area (TPSA) is 108 Å². The summed E-state index contributed by atoms with van der Waals surface area (Å²) in [7, 11) is 0. The molecule has 26 heavy (non-hydrogen) atoms. The second-order valence-corrected chi connectivity index (χ2v) is 5.40. The minimum atomic E-state index is -0.836. The van der Waals surface area contributed by atoms with Crippen molar-refractivity contribution in [2.45, 2.75) is 0 Å². The number of hydrogen-bond acceptors (Lipinski definition) is 4. The molecular formula is C19H14FN3O3. The molecule has 0 spiro atoms. The van der Waals surface area contributed by atoms with Crippen LogP contribution in [0.1, 0.15) is 20.8 Å². The van der Waals surface area contributed by atoms with Crippen molar-refractivity contribution < 1.29 is 18.7 Å². The zero-order chi connectivity index (χ0) is 18.7. The summed E-state index contributed by atoms with van der Waals surface area (Å²) in [6.45, 7) is 0. The maximum atomic E-state index is 12.9. The number of carbonyl (C=O) groups excluding carboxylic acids is 2. The Morgan fingerprint density at radius 3 is 1.92 bits per heavy atom. The van der Waals surface area contributed by atoms with Crippen LogP contribution in [0.3, 0.4) is 0 Å². The van der Waals surface area contributed by atoms with Crippen LogP contribution in [-0.2, 0) is 0 Å². The molecule has 0 aliphatic carbocycles. The lowest BCUT2D eigenvalue weighted by Gasteiger charge is -2.08. The summed E-state index contributed by atoms with van der Waals surface area (Å²) in [4.78, 5) is 27.0. The van der Waals surface area contributed by atoms with Crippen molar-refractivity contribution in [3.05, 3.63) is 77.7 Å². The fourth-order valence-electron chi connectivity index (χ4n) is 2.34. The van der Waals surface area contributed by atoms with Crippen molar-refractivity contribution >= 4 is 11.8 Å². The van der Waals surface area contributed by atoms with E-state index in [1.807, 2.05) is 0 Å². The van der Waals surface area contributed by atoms with E-state index in [4.69, 9.17) is 16.2 Å². The number of nitrogens with zero attached hydrogens (tertiary/aromatic N) is 1. The molecule has 0 radical (unpaired) electrons. The fourth-order valence-corrected chi connectivity index (χ4v) is 2.34. The molecule has 1 heterocycles. The van der Waals surface area contributed by atoms with Gasteiger partial charge in [-0.15, -0.1) is 0 Å². The lowest BCUT2D eigenvalue weighted by atomic mass is 10.1. The van der Waals surface area contributed by atoms with E-state index in [1.165, 1.54) is 30.3 Å². The average Bonchev–Trinajstić information content (AvgIpc) is 2.63. The molecule has 0 fully saturated rings. The number of benzene rings is 2. The lowest BCUT2D eigenvalue weighted by Crippen LogP contribution is -2.22. The first-order valence-electron chi connectivity index (χ1n) is 7.58. The van der Waals surface area contributed by atoms with Gasteiger partial charge in [0.15, 0.2) is 0 Å². The van der Waals surface area contributed by atoms with Crippen LogP contribution in [0, 0.1) is 5.82 Å². The minimum Gasteiger partial charge on any atom is -0.457 e. The molecule has 3 rings (SSSR count). The third kappa shape index (κ3) is 3.67. The highest BCUT2D eigenvalue weighted by Gasteiger charge is 2.16. The maximum Gasteiger partial charge on any atom is 0.268 e. The average molecular weight is 351 g/mol. The predicted octanol–water partition coefficient (Wildman–Crippen LogP) is 2.88. The van der Waals surface area contributed by atoms with E-state index in [2.05, 4.69) is 4.98 Å². The highest BCUT2D eigenvalue weighted by Crippen LogP contribution is 2.25. The summed E-state index contributed by atoms with van der Waals surface area (Å²) in [6.07, 6.45) is 0. The van der Waals surface area contributed by atoms with Crippen LogP contribution >= 0.6 is 0 Å². The number of ether oxygens (including phenoxy) is 1. The van der Waals surface area contributed by atoms with Gasteiger partial charge >= 0.3 is 0 Å². The predicted molar refractivity (Wildman–Crippen MR) is 93.2 cm³/mol. The molecule has 0 unspecified atom stereocenters. The summed E-state index contributed by atoms with van der Waals surface area (Å²) in [5.41, 5.74) is 11.4. The second kappa shape index (κ2) is 7.02. The third-order valence-electron chi connectivity index (χ3n) is 3.59. The Kier molecular flexibility index (Phi) is 4.62. The van der Waals surface area contributed by atoms with Crippen LogP contribution in [0.2, 0.25) is 0 Å². The van der Waals surface area contributed by atoms with E-state index in [0.29, 0.717) is 22.8 Å². The lowest BCUT2D eigenvalue weighted by molar-refractivity contribution is 0.0963. The molecule has 1 aromatic heterocycles. The monoisotopic (exact) mass is 351 g/mol. The van der Waals surface area contributed by atoms with Gasteiger partial charge in [-0.05, 0) is 60.7 Å². The Hall–Kier alpha value is -3.74. The van der Waals surface area contributed by atoms with Crippen LogP contribution in [0.4, 0.5) is 4.39 Å². The van der Waals surface area contributed by atoms with Gasteiger partial charge in [0.05, 0.1) is 11.3 Å². The van der Waals surface area contributed by atoms with Crippen molar-refractivity contribution in [1.29, 1.82) is 0 Å². The largest absolute Gasteiger partial charge is 0.457 e. The number of primary amides is 2. The molecule has 0 bridgehead atoms. The van der Waals surface area contributed by atoms with Gasteiger partial charge in [0, 0.05) is 5.56 Å². The molecule has 0 saturated heterocycles. The van der Waals surface area contributed by atoms with Gasteiger partial charge in [0.2, 0.25) is 0 Å². The number of carbonyl (C=O) groups is 2. The minimum absolute atomic E-state index is 0.0301. The van der Waals surface area contributed by atoms with Crippen molar-refractivity contribution in [1.82, 2.24) is 4.98 Å². The van der Waals surface area contributed by atoms with Crippen molar-refractivity contribution in [2.24, 2.45) is 11.5 Å². The van der Waals surface area contributed by atoms with Crippen molar-refractivity contribution in [3.63, 3.8) is 0 Å². The number of halogens is 1. The quantitative estimate of drug-likeness (QED) is 0.736. The summed E-state index contributed by atoms with van der Waals surface area (Å²) in [6, 6.07) is 15.5. The molecule has 7 heteroatoms. The van der Waals surface area contributed by atoms with Gasteiger partial charge in [0.1, 0.15) is 23.0 Å². The Bertz CT molecular complexity index is 970. The number of aromatic nitrogens is 1. The second-order valence-electron chi connectivity index (χ2n) is 5.40. The first-order valence-corrected chi connectivity index (χ1v) is 7.58. The van der Waals surface area contributed by atoms with Gasteiger partial charge < -0.3 is 16.2 Å². The van der Waals surface area contributed by atoms with E-state index in [9.17, 15) is 14.0 Å². The summed E-state index contributed by atoms with van der Waals surface area (Å²) < 4.78 is 18.5.